The molecule has 0 aliphatic carbocycles. The largest absolute Gasteiger partial charge is 0.480 e. The maximum atomic E-state index is 11.0. The fraction of sp³-hybridized carbons (Fsp3) is 0.667. The van der Waals surface area contributed by atoms with Gasteiger partial charge in [0.2, 0.25) is 0 Å². The van der Waals surface area contributed by atoms with Crippen molar-refractivity contribution in [2.24, 2.45) is 0 Å². The fourth-order valence-electron chi connectivity index (χ4n) is 2.22. The molecule has 0 rings (SSSR count). The molecule has 0 saturated carbocycles. The number of hydrogen-bond acceptors (Lipinski definition) is 6. The van der Waals surface area contributed by atoms with Gasteiger partial charge in [-0.05, 0) is 0 Å². The lowest BCUT2D eigenvalue weighted by atomic mass is 10.3. The van der Waals surface area contributed by atoms with Crippen LogP contribution in [0.25, 0.3) is 0 Å². The van der Waals surface area contributed by atoms with Gasteiger partial charge < -0.3 is 30.0 Å². The zero-order valence-corrected chi connectivity index (χ0v) is 12.4. The fourth-order valence-corrected chi connectivity index (χ4v) is 2.22. The third-order valence-electron chi connectivity index (χ3n) is 3.12. The molecule has 0 aromatic heterocycles. The molecule has 0 amide bonds. The van der Waals surface area contributed by atoms with Crippen molar-refractivity contribution in [2.45, 2.75) is 0 Å². The van der Waals surface area contributed by atoms with E-state index >= 15 is 0 Å². The van der Waals surface area contributed by atoms with E-state index in [1.165, 1.54) is 0 Å². The van der Waals surface area contributed by atoms with E-state index < -0.39 is 61.1 Å². The summed E-state index contributed by atoms with van der Waals surface area (Å²) in [7, 11) is 0. The van der Waals surface area contributed by atoms with Crippen LogP contribution in [-0.2, 0) is 19.2 Å². The predicted molar refractivity (Wildman–Crippen MR) is 73.8 cm³/mol. The highest BCUT2D eigenvalue weighted by Crippen LogP contribution is 2.08. The molecule has 0 aliphatic heterocycles. The molecular formula is C12H21N2O9+. The first kappa shape index (κ1) is 20.8. The average molecular weight is 337 g/mol. The summed E-state index contributed by atoms with van der Waals surface area (Å²) in [6, 6.07) is 0. The van der Waals surface area contributed by atoms with Crippen molar-refractivity contribution >= 4 is 23.9 Å². The molecule has 0 unspecified atom stereocenters. The number of carboxylic acids is 4. The quantitative estimate of drug-likeness (QED) is 0.225. The molecule has 0 heterocycles. The zero-order valence-electron chi connectivity index (χ0n) is 12.4. The Labute approximate surface area is 131 Å². The predicted octanol–water partition coefficient (Wildman–Crippen LogP) is -2.56. The zero-order chi connectivity index (χ0) is 18.0. The molecule has 0 spiro atoms. The Balaban J connectivity index is 5.13. The average Bonchev–Trinajstić information content (AvgIpc) is 2.33. The van der Waals surface area contributed by atoms with Crippen molar-refractivity contribution in [3.8, 4) is 0 Å². The van der Waals surface area contributed by atoms with Crippen LogP contribution in [0.1, 0.15) is 0 Å². The Kier molecular flexibility index (Phi) is 8.77. The second-order valence-corrected chi connectivity index (χ2v) is 5.11. The number of aliphatic hydroxyl groups excluding tert-OH is 1. The van der Waals surface area contributed by atoms with Crippen LogP contribution in [0.15, 0.2) is 0 Å². The number of hydrogen-bond donors (Lipinski definition) is 5. The van der Waals surface area contributed by atoms with E-state index in [1.807, 2.05) is 0 Å². The Morgan fingerprint density at radius 1 is 0.739 bits per heavy atom. The van der Waals surface area contributed by atoms with Gasteiger partial charge in [0.1, 0.15) is 6.54 Å². The lowest BCUT2D eigenvalue weighted by Gasteiger charge is -2.36. The van der Waals surface area contributed by atoms with Gasteiger partial charge >= 0.3 is 23.9 Å². The highest BCUT2D eigenvalue weighted by Gasteiger charge is 2.33. The van der Waals surface area contributed by atoms with Crippen LogP contribution in [0.2, 0.25) is 0 Å². The maximum absolute atomic E-state index is 11.0. The molecule has 11 nitrogen and oxygen atoms in total. The molecule has 0 saturated heterocycles. The molecule has 23 heavy (non-hydrogen) atoms. The van der Waals surface area contributed by atoms with Crippen molar-refractivity contribution in [1.29, 1.82) is 0 Å². The van der Waals surface area contributed by atoms with Gasteiger partial charge in [0.25, 0.3) is 0 Å². The van der Waals surface area contributed by atoms with Crippen LogP contribution in [0, 0.1) is 0 Å². The third-order valence-corrected chi connectivity index (χ3v) is 3.12. The Hall–Kier alpha value is -2.24. The minimum Gasteiger partial charge on any atom is -0.480 e. The molecular weight excluding hydrogens is 316 g/mol. The number of aliphatic carboxylic acids is 4. The van der Waals surface area contributed by atoms with Gasteiger partial charge in [-0.25, -0.2) is 9.59 Å². The second kappa shape index (κ2) is 9.71. The first-order valence-electron chi connectivity index (χ1n) is 6.65. The number of rotatable bonds is 13. The van der Waals surface area contributed by atoms with Crippen LogP contribution in [0.5, 0.6) is 0 Å². The van der Waals surface area contributed by atoms with Gasteiger partial charge in [-0.1, -0.05) is 0 Å². The lowest BCUT2D eigenvalue weighted by Crippen LogP contribution is -2.58. The summed E-state index contributed by atoms with van der Waals surface area (Å²) in [4.78, 5) is 44.5. The van der Waals surface area contributed by atoms with E-state index in [2.05, 4.69) is 0 Å². The molecule has 0 aliphatic rings. The van der Waals surface area contributed by atoms with E-state index in [0.29, 0.717) is 0 Å². The number of nitrogens with zero attached hydrogens (tertiary/aromatic N) is 2. The van der Waals surface area contributed by atoms with Crippen molar-refractivity contribution in [1.82, 2.24) is 4.90 Å². The molecule has 0 aromatic rings. The molecule has 0 fully saturated rings. The van der Waals surface area contributed by atoms with Gasteiger partial charge in [-0.2, -0.15) is 0 Å². The van der Waals surface area contributed by atoms with E-state index in [0.717, 1.165) is 4.90 Å². The molecule has 0 radical (unpaired) electrons. The summed E-state index contributed by atoms with van der Waals surface area (Å²) in [5, 5.41) is 44.5. The maximum Gasteiger partial charge on any atom is 0.359 e. The Morgan fingerprint density at radius 3 is 1.48 bits per heavy atom. The number of carbonyl (C=O) groups is 4. The van der Waals surface area contributed by atoms with Crippen molar-refractivity contribution in [2.75, 3.05) is 52.4 Å². The summed E-state index contributed by atoms with van der Waals surface area (Å²) >= 11 is 0. The smallest absolute Gasteiger partial charge is 0.359 e. The summed E-state index contributed by atoms with van der Waals surface area (Å²) in [6.07, 6.45) is 0. The van der Waals surface area contributed by atoms with E-state index in [9.17, 15) is 19.2 Å². The normalized spacial score (nSPS) is 11.4. The van der Waals surface area contributed by atoms with E-state index in [-0.39, 0.29) is 19.6 Å². The van der Waals surface area contributed by atoms with Gasteiger partial charge in [0.15, 0.2) is 13.1 Å². The van der Waals surface area contributed by atoms with Crippen molar-refractivity contribution < 1.29 is 49.2 Å². The first-order chi connectivity index (χ1) is 10.6. The summed E-state index contributed by atoms with van der Waals surface area (Å²) in [5.41, 5.74) is 0. The van der Waals surface area contributed by atoms with Crippen molar-refractivity contribution in [3.63, 3.8) is 0 Å². The minimum absolute atomic E-state index is 0.125. The second-order valence-electron chi connectivity index (χ2n) is 5.11. The summed E-state index contributed by atoms with van der Waals surface area (Å²) < 4.78 is -0.517. The van der Waals surface area contributed by atoms with E-state index in [4.69, 9.17) is 25.5 Å². The number of carboxylic acid groups (broad SMARTS) is 4. The summed E-state index contributed by atoms with van der Waals surface area (Å²) in [6.45, 7) is -3.21. The Bertz CT molecular complexity index is 420. The first-order valence-corrected chi connectivity index (χ1v) is 6.65. The van der Waals surface area contributed by atoms with Crippen LogP contribution in [-0.4, -0.2) is 111 Å². The van der Waals surface area contributed by atoms with Gasteiger partial charge in [0, 0.05) is 6.54 Å². The van der Waals surface area contributed by atoms with E-state index in [1.54, 1.807) is 0 Å². The van der Waals surface area contributed by atoms with Gasteiger partial charge in [-0.15, -0.1) is 0 Å². The van der Waals surface area contributed by atoms with Crippen LogP contribution in [0.4, 0.5) is 0 Å². The SMILES string of the molecule is O=C(O)CN(CC[N+](CCO)(CC(=O)O)CC(=O)O)CC(=O)O. The molecule has 0 atom stereocenters. The molecule has 0 bridgehead atoms. The standard InChI is InChI=1S/C12H20N2O9/c15-4-3-14(7-11(20)21,8-12(22)23)2-1-13(5-9(16)17)6-10(18)19/h15H,1-8H2,(H3-,16,17,18,19,20,21,22,23)/p+1. The minimum atomic E-state index is -1.28. The Morgan fingerprint density at radius 2 is 1.17 bits per heavy atom. The van der Waals surface area contributed by atoms with Crippen molar-refractivity contribution in [3.05, 3.63) is 0 Å². The molecule has 0 aromatic carbocycles. The highest BCUT2D eigenvalue weighted by atomic mass is 16.4. The molecule has 11 heteroatoms. The molecule has 132 valence electrons. The monoisotopic (exact) mass is 337 g/mol. The van der Waals surface area contributed by atoms with Gasteiger partial charge in [0.05, 0.1) is 26.2 Å². The topological polar surface area (TPSA) is 173 Å². The van der Waals surface area contributed by atoms with Crippen LogP contribution in [0.3, 0.4) is 0 Å². The summed E-state index contributed by atoms with van der Waals surface area (Å²) in [5.74, 6) is -5.07. The van der Waals surface area contributed by atoms with Crippen LogP contribution < -0.4 is 0 Å². The lowest BCUT2D eigenvalue weighted by molar-refractivity contribution is -0.914. The highest BCUT2D eigenvalue weighted by molar-refractivity contribution is 5.72. The number of quaternary nitrogens is 1. The third kappa shape index (κ3) is 9.39. The molecule has 5 N–H and O–H groups in total. The number of aliphatic hydroxyl groups is 1. The van der Waals surface area contributed by atoms with Crippen LogP contribution >= 0.6 is 0 Å². The van der Waals surface area contributed by atoms with Gasteiger partial charge in [-0.3, -0.25) is 14.5 Å².